The summed E-state index contributed by atoms with van der Waals surface area (Å²) in [5.41, 5.74) is 0.766. The molecule has 0 radical (unpaired) electrons. The molecule has 3 heterocycles. The maximum Gasteiger partial charge on any atom is 0.259 e. The van der Waals surface area contributed by atoms with E-state index in [1.807, 2.05) is 19.1 Å². The number of nitrogens with one attached hydrogen (secondary N) is 3. The Labute approximate surface area is 245 Å². The van der Waals surface area contributed by atoms with Crippen molar-refractivity contribution in [1.29, 1.82) is 0 Å². The molecule has 0 bridgehead atoms. The van der Waals surface area contributed by atoms with Crippen molar-refractivity contribution in [3.05, 3.63) is 47.3 Å². The minimum Gasteiger partial charge on any atom is -0.478 e. The van der Waals surface area contributed by atoms with Gasteiger partial charge in [0, 0.05) is 24.7 Å². The van der Waals surface area contributed by atoms with Gasteiger partial charge >= 0.3 is 0 Å². The molecule has 9 nitrogen and oxygen atoms in total. The molecule has 40 heavy (non-hydrogen) atoms. The van der Waals surface area contributed by atoms with Gasteiger partial charge in [0.1, 0.15) is 22.6 Å². The Hall–Kier alpha value is -2.63. The number of thioether (sulfide) groups is 1. The van der Waals surface area contributed by atoms with Gasteiger partial charge in [-0.2, -0.15) is 4.98 Å². The molecule has 3 N–H and O–H groups in total. The second kappa shape index (κ2) is 14.8. The predicted molar refractivity (Wildman–Crippen MR) is 166 cm³/mol. The Morgan fingerprint density at radius 1 is 1.23 bits per heavy atom. The van der Waals surface area contributed by atoms with Crippen molar-refractivity contribution in [2.24, 2.45) is 5.92 Å². The van der Waals surface area contributed by atoms with Crippen LogP contribution in [0.2, 0.25) is 0 Å². The molecule has 0 amide bonds. The molecule has 0 aromatic carbocycles. The lowest BCUT2D eigenvalue weighted by Crippen LogP contribution is -2.38. The van der Waals surface area contributed by atoms with E-state index in [9.17, 15) is 4.21 Å². The third kappa shape index (κ3) is 8.20. The van der Waals surface area contributed by atoms with Gasteiger partial charge in [-0.3, -0.25) is 4.72 Å². The first-order valence-corrected chi connectivity index (χ1v) is 16.2. The number of allylic oxidation sites excluding steroid dienone is 2. The molecule has 11 heteroatoms. The Morgan fingerprint density at radius 2 is 2.02 bits per heavy atom. The minimum absolute atomic E-state index is 0.0770. The van der Waals surface area contributed by atoms with Crippen molar-refractivity contribution < 1.29 is 13.7 Å². The first kappa shape index (κ1) is 30.3. The molecule has 2 aromatic heterocycles. The number of pyridine rings is 1. The van der Waals surface area contributed by atoms with Crippen molar-refractivity contribution in [2.45, 2.75) is 77.0 Å². The summed E-state index contributed by atoms with van der Waals surface area (Å²) in [6, 6.07) is 5.80. The number of anilines is 2. The number of hydrogen-bond donors (Lipinski definition) is 3. The fourth-order valence-electron chi connectivity index (χ4n) is 4.79. The van der Waals surface area contributed by atoms with Gasteiger partial charge in [-0.05, 0) is 68.7 Å². The summed E-state index contributed by atoms with van der Waals surface area (Å²) >= 11 is 1.53. The second-order valence-corrected chi connectivity index (χ2v) is 13.1. The molecule has 2 aromatic rings. The summed E-state index contributed by atoms with van der Waals surface area (Å²) in [5.74, 6) is 2.74. The van der Waals surface area contributed by atoms with Gasteiger partial charge in [-0.15, -0.1) is 0 Å². The van der Waals surface area contributed by atoms with E-state index in [-0.39, 0.29) is 11.2 Å². The van der Waals surface area contributed by atoms with Crippen LogP contribution in [0.1, 0.15) is 71.4 Å². The number of rotatable bonds is 13. The van der Waals surface area contributed by atoms with E-state index >= 15 is 0 Å². The average Bonchev–Trinajstić information content (AvgIpc) is 3.51. The lowest BCUT2D eigenvalue weighted by atomic mass is 10.1. The highest BCUT2D eigenvalue weighted by molar-refractivity contribution is 8.11. The van der Waals surface area contributed by atoms with E-state index in [0.29, 0.717) is 29.4 Å². The van der Waals surface area contributed by atoms with Crippen LogP contribution in [0.4, 0.5) is 11.8 Å². The number of methoxy groups -OCH3 is 1. The third-order valence-corrected chi connectivity index (χ3v) is 9.58. The molecule has 1 aliphatic carbocycles. The molecular formula is C29H42N6O3S2. The van der Waals surface area contributed by atoms with Crippen LogP contribution in [-0.4, -0.2) is 50.7 Å². The molecule has 3 unspecified atom stereocenters. The van der Waals surface area contributed by atoms with Crippen LogP contribution < -0.4 is 24.8 Å². The van der Waals surface area contributed by atoms with E-state index < -0.39 is 11.0 Å². The zero-order valence-corrected chi connectivity index (χ0v) is 25.6. The summed E-state index contributed by atoms with van der Waals surface area (Å²) in [4.78, 5) is 15.7. The molecule has 1 saturated carbocycles. The molecule has 4 rings (SSSR count). The average molecular weight is 587 g/mol. The van der Waals surface area contributed by atoms with Crippen LogP contribution in [0.25, 0.3) is 4.91 Å². The first-order valence-electron chi connectivity index (χ1n) is 14.2. The Kier molecular flexibility index (Phi) is 11.3. The van der Waals surface area contributed by atoms with Gasteiger partial charge in [-0.25, -0.2) is 14.2 Å². The lowest BCUT2D eigenvalue weighted by molar-refractivity contribution is 0.320. The third-order valence-electron chi connectivity index (χ3n) is 7.13. The van der Waals surface area contributed by atoms with E-state index in [1.165, 1.54) is 11.8 Å². The normalized spacial score (nSPS) is 19.9. The molecule has 1 saturated heterocycles. The molecule has 2 fully saturated rings. The fourth-order valence-corrected chi connectivity index (χ4v) is 6.95. The fraction of sp³-hybridized carbons (Fsp3) is 0.552. The zero-order valence-electron chi connectivity index (χ0n) is 24.0. The number of aromatic nitrogens is 3. The molecule has 3 atom stereocenters. The summed E-state index contributed by atoms with van der Waals surface area (Å²) in [7, 11) is 0.379. The van der Waals surface area contributed by atoms with E-state index in [2.05, 4.69) is 45.8 Å². The van der Waals surface area contributed by atoms with Crippen molar-refractivity contribution in [2.75, 3.05) is 30.2 Å². The maximum absolute atomic E-state index is 12.8. The van der Waals surface area contributed by atoms with Crippen LogP contribution in [-0.2, 0) is 11.0 Å². The van der Waals surface area contributed by atoms with Gasteiger partial charge in [0.15, 0.2) is 5.75 Å². The zero-order chi connectivity index (χ0) is 28.5. The largest absolute Gasteiger partial charge is 0.478 e. The van der Waals surface area contributed by atoms with E-state index in [1.54, 1.807) is 19.4 Å². The Morgan fingerprint density at radius 3 is 2.70 bits per heavy atom. The quantitative estimate of drug-likeness (QED) is 0.239. The molecule has 1 aliphatic heterocycles. The van der Waals surface area contributed by atoms with Crippen LogP contribution in [0.5, 0.6) is 11.6 Å². The molecule has 0 spiro atoms. The van der Waals surface area contributed by atoms with Gasteiger partial charge in [0.25, 0.3) is 5.88 Å². The Bertz CT molecular complexity index is 1210. The van der Waals surface area contributed by atoms with Crippen molar-refractivity contribution in [3.63, 3.8) is 0 Å². The monoisotopic (exact) mass is 586 g/mol. The summed E-state index contributed by atoms with van der Waals surface area (Å²) in [5, 5.41) is 7.06. The Balaban J connectivity index is 1.64. The SMILES string of the molecule is C=C(C)S/C(=C(/Oc1ccc(NS(=O)C2CCCC2)nc1OC)C(C)CC)c1ccnc(NC2CCCNC2)n1. The summed E-state index contributed by atoms with van der Waals surface area (Å²) in [6.07, 6.45) is 9.04. The highest BCUT2D eigenvalue weighted by Crippen LogP contribution is 2.40. The van der Waals surface area contributed by atoms with Gasteiger partial charge in [0.2, 0.25) is 5.95 Å². The highest BCUT2D eigenvalue weighted by Gasteiger charge is 2.24. The van der Waals surface area contributed by atoms with Crippen LogP contribution in [0.15, 0.2) is 41.6 Å². The van der Waals surface area contributed by atoms with Crippen LogP contribution >= 0.6 is 11.8 Å². The summed E-state index contributed by atoms with van der Waals surface area (Å²) in [6.45, 7) is 12.3. The number of ether oxygens (including phenoxy) is 2. The predicted octanol–water partition coefficient (Wildman–Crippen LogP) is 6.12. The second-order valence-electron chi connectivity index (χ2n) is 10.4. The minimum atomic E-state index is -1.18. The number of piperidine rings is 1. The highest BCUT2D eigenvalue weighted by atomic mass is 32.2. The van der Waals surface area contributed by atoms with Gasteiger partial charge in [0.05, 0.1) is 23.0 Å². The topological polar surface area (TPSA) is 110 Å². The molecule has 2 aliphatic rings. The van der Waals surface area contributed by atoms with Crippen LogP contribution in [0.3, 0.4) is 0 Å². The van der Waals surface area contributed by atoms with Crippen molar-refractivity contribution in [1.82, 2.24) is 20.3 Å². The first-order chi connectivity index (χ1) is 19.4. The standard InChI is InChI=1S/C29H42N6O3S2/c1-6-20(4)26(38-24-13-14-25(34-28(24)37-5)35-40(36)22-11-7-8-12-22)27(39-19(2)3)23-15-17-31-29(33-23)32-21-10-9-16-30-18-21/h13-15,17,20-22,30H,2,6-12,16,18H2,1,3-5H3,(H,34,35)(H,31,32,33)/b27-26+. The van der Waals surface area contributed by atoms with Crippen molar-refractivity contribution >= 4 is 39.4 Å². The molecule has 218 valence electrons. The lowest BCUT2D eigenvalue weighted by Gasteiger charge is -2.24. The van der Waals surface area contributed by atoms with E-state index in [4.69, 9.17) is 14.5 Å². The number of hydrogen-bond acceptors (Lipinski definition) is 9. The van der Waals surface area contributed by atoms with Gasteiger partial charge < -0.3 is 20.1 Å². The molecular weight excluding hydrogens is 544 g/mol. The van der Waals surface area contributed by atoms with E-state index in [0.717, 1.165) is 79.3 Å². The maximum atomic E-state index is 12.8. The number of nitrogens with zero attached hydrogens (tertiary/aromatic N) is 3. The smallest absolute Gasteiger partial charge is 0.259 e. The van der Waals surface area contributed by atoms with Gasteiger partial charge in [-0.1, -0.05) is 45.0 Å². The van der Waals surface area contributed by atoms with Crippen molar-refractivity contribution in [3.8, 4) is 11.6 Å². The van der Waals surface area contributed by atoms with Crippen LogP contribution in [0, 0.1) is 5.92 Å². The summed E-state index contributed by atoms with van der Waals surface area (Å²) < 4.78 is 28.0.